The highest BCUT2D eigenvalue weighted by Crippen LogP contribution is 2.26. The molecule has 0 radical (unpaired) electrons. The van der Waals surface area contributed by atoms with Crippen molar-refractivity contribution in [3.05, 3.63) is 47.5 Å². The first-order valence-corrected chi connectivity index (χ1v) is 7.47. The number of phenolic OH excluding ortho intramolecular Hbond substituents is 1. The van der Waals surface area contributed by atoms with Crippen molar-refractivity contribution < 1.29 is 13.5 Å². The smallest absolute Gasteiger partial charge is 0.261 e. The normalized spacial score (nSPS) is 11.3. The summed E-state index contributed by atoms with van der Waals surface area (Å²) in [4.78, 5) is 0.00806. The molecular formula is C14H16N2O3S. The number of rotatable bonds is 3. The quantitative estimate of drug-likeness (QED) is 0.598. The molecule has 0 aromatic heterocycles. The van der Waals surface area contributed by atoms with Crippen LogP contribution in [0.1, 0.15) is 11.1 Å². The van der Waals surface area contributed by atoms with E-state index in [1.54, 1.807) is 12.1 Å². The van der Waals surface area contributed by atoms with Gasteiger partial charge in [-0.15, -0.1) is 0 Å². The average Bonchev–Trinajstić information content (AvgIpc) is 2.38. The standard InChI is InChI=1S/C14H16N2O3S/c1-9-4-3-5-13(10(9)2)16-20(18,19)11-6-7-14(17)12(15)8-11/h3-8,16-17H,15H2,1-2H3. The van der Waals surface area contributed by atoms with Crippen LogP contribution < -0.4 is 10.5 Å². The summed E-state index contributed by atoms with van der Waals surface area (Å²) in [6.45, 7) is 3.75. The molecule has 0 aliphatic rings. The number of phenols is 1. The number of nitrogens with one attached hydrogen (secondary N) is 1. The van der Waals surface area contributed by atoms with Crippen molar-refractivity contribution in [2.45, 2.75) is 18.7 Å². The summed E-state index contributed by atoms with van der Waals surface area (Å²) >= 11 is 0. The highest BCUT2D eigenvalue weighted by Gasteiger charge is 2.16. The van der Waals surface area contributed by atoms with Crippen LogP contribution in [-0.4, -0.2) is 13.5 Å². The van der Waals surface area contributed by atoms with Crippen LogP contribution in [-0.2, 0) is 10.0 Å². The summed E-state index contributed by atoms with van der Waals surface area (Å²) in [6, 6.07) is 9.18. The summed E-state index contributed by atoms with van der Waals surface area (Å²) in [5.41, 5.74) is 7.93. The zero-order valence-electron chi connectivity index (χ0n) is 11.2. The molecule has 0 fully saturated rings. The van der Waals surface area contributed by atoms with Crippen LogP contribution in [0.2, 0.25) is 0 Å². The minimum Gasteiger partial charge on any atom is -0.506 e. The lowest BCUT2D eigenvalue weighted by Gasteiger charge is -2.12. The van der Waals surface area contributed by atoms with Gasteiger partial charge in [0, 0.05) is 0 Å². The van der Waals surface area contributed by atoms with Crippen molar-refractivity contribution in [1.82, 2.24) is 0 Å². The first-order chi connectivity index (χ1) is 9.31. The highest BCUT2D eigenvalue weighted by atomic mass is 32.2. The van der Waals surface area contributed by atoms with E-state index in [1.165, 1.54) is 18.2 Å². The minimum atomic E-state index is -3.73. The van der Waals surface area contributed by atoms with Crippen LogP contribution in [0.5, 0.6) is 5.75 Å². The van der Waals surface area contributed by atoms with E-state index in [9.17, 15) is 13.5 Å². The predicted octanol–water partition coefficient (Wildman–Crippen LogP) is 2.39. The number of anilines is 2. The van der Waals surface area contributed by atoms with Gasteiger partial charge in [-0.1, -0.05) is 12.1 Å². The Labute approximate surface area is 118 Å². The van der Waals surface area contributed by atoms with E-state index < -0.39 is 10.0 Å². The van der Waals surface area contributed by atoms with Crippen LogP contribution in [0.15, 0.2) is 41.3 Å². The molecule has 0 heterocycles. The van der Waals surface area contributed by atoms with Gasteiger partial charge in [0.25, 0.3) is 10.0 Å². The van der Waals surface area contributed by atoms with Crippen molar-refractivity contribution >= 4 is 21.4 Å². The largest absolute Gasteiger partial charge is 0.506 e. The van der Waals surface area contributed by atoms with Crippen molar-refractivity contribution in [2.75, 3.05) is 10.5 Å². The van der Waals surface area contributed by atoms with E-state index >= 15 is 0 Å². The zero-order chi connectivity index (χ0) is 14.9. The Kier molecular flexibility index (Phi) is 3.59. The second kappa shape index (κ2) is 5.05. The van der Waals surface area contributed by atoms with E-state index in [-0.39, 0.29) is 16.3 Å². The molecule has 4 N–H and O–H groups in total. The molecule has 2 aromatic carbocycles. The lowest BCUT2D eigenvalue weighted by atomic mass is 10.1. The Bertz CT molecular complexity index is 755. The van der Waals surface area contributed by atoms with Crippen molar-refractivity contribution in [3.8, 4) is 5.75 Å². The zero-order valence-corrected chi connectivity index (χ0v) is 12.0. The maximum atomic E-state index is 12.3. The Hall–Kier alpha value is -2.21. The number of nitrogens with two attached hydrogens (primary N) is 1. The lowest BCUT2D eigenvalue weighted by molar-refractivity contribution is 0.477. The third-order valence-electron chi connectivity index (χ3n) is 3.16. The number of sulfonamides is 1. The van der Waals surface area contributed by atoms with Crippen molar-refractivity contribution in [2.24, 2.45) is 0 Å². The Morgan fingerprint density at radius 2 is 1.85 bits per heavy atom. The Morgan fingerprint density at radius 3 is 2.50 bits per heavy atom. The fourth-order valence-corrected chi connectivity index (χ4v) is 2.92. The molecule has 0 amide bonds. The van der Waals surface area contributed by atoms with E-state index in [0.717, 1.165) is 11.1 Å². The van der Waals surface area contributed by atoms with Gasteiger partial charge in [0.05, 0.1) is 16.3 Å². The van der Waals surface area contributed by atoms with Crippen LogP contribution in [0.3, 0.4) is 0 Å². The van der Waals surface area contributed by atoms with Gasteiger partial charge in [-0.05, 0) is 49.2 Å². The fourth-order valence-electron chi connectivity index (χ4n) is 1.77. The lowest BCUT2D eigenvalue weighted by Crippen LogP contribution is -2.14. The molecule has 5 nitrogen and oxygen atoms in total. The van der Waals surface area contributed by atoms with E-state index in [4.69, 9.17) is 5.73 Å². The molecular weight excluding hydrogens is 276 g/mol. The van der Waals surface area contributed by atoms with Gasteiger partial charge in [-0.2, -0.15) is 0 Å². The van der Waals surface area contributed by atoms with Gasteiger partial charge < -0.3 is 10.8 Å². The molecule has 0 saturated heterocycles. The Morgan fingerprint density at radius 1 is 1.15 bits per heavy atom. The summed E-state index contributed by atoms with van der Waals surface area (Å²) in [7, 11) is -3.73. The summed E-state index contributed by atoms with van der Waals surface area (Å²) < 4.78 is 27.1. The number of benzene rings is 2. The van der Waals surface area contributed by atoms with Gasteiger partial charge in [-0.3, -0.25) is 4.72 Å². The summed E-state index contributed by atoms with van der Waals surface area (Å²) in [5.74, 6) is -0.143. The number of aromatic hydroxyl groups is 1. The molecule has 0 atom stereocenters. The average molecular weight is 292 g/mol. The van der Waals surface area contributed by atoms with Gasteiger partial charge in [0.1, 0.15) is 5.75 Å². The maximum Gasteiger partial charge on any atom is 0.261 e. The molecule has 0 saturated carbocycles. The molecule has 0 aliphatic heterocycles. The third kappa shape index (κ3) is 2.70. The van der Waals surface area contributed by atoms with E-state index in [1.807, 2.05) is 19.9 Å². The molecule has 2 rings (SSSR count). The van der Waals surface area contributed by atoms with E-state index in [0.29, 0.717) is 5.69 Å². The number of hydrogen-bond donors (Lipinski definition) is 3. The van der Waals surface area contributed by atoms with Gasteiger partial charge in [0.15, 0.2) is 0 Å². The van der Waals surface area contributed by atoms with Gasteiger partial charge >= 0.3 is 0 Å². The Balaban J connectivity index is 2.41. The van der Waals surface area contributed by atoms with Crippen LogP contribution >= 0.6 is 0 Å². The highest BCUT2D eigenvalue weighted by molar-refractivity contribution is 7.92. The van der Waals surface area contributed by atoms with Crippen molar-refractivity contribution in [3.63, 3.8) is 0 Å². The SMILES string of the molecule is Cc1cccc(NS(=O)(=O)c2ccc(O)c(N)c2)c1C. The number of nitrogen functional groups attached to an aromatic ring is 1. The molecule has 0 unspecified atom stereocenters. The predicted molar refractivity (Wildman–Crippen MR) is 79.2 cm³/mol. The minimum absolute atomic E-state index is 0.00806. The van der Waals surface area contributed by atoms with Crippen LogP contribution in [0, 0.1) is 13.8 Å². The third-order valence-corrected chi connectivity index (χ3v) is 4.52. The number of aryl methyl sites for hydroxylation is 1. The van der Waals surface area contributed by atoms with Gasteiger partial charge in [-0.25, -0.2) is 8.42 Å². The second-order valence-electron chi connectivity index (χ2n) is 4.57. The van der Waals surface area contributed by atoms with Crippen molar-refractivity contribution in [1.29, 1.82) is 0 Å². The molecule has 0 spiro atoms. The maximum absolute atomic E-state index is 12.3. The van der Waals surface area contributed by atoms with Crippen LogP contribution in [0.4, 0.5) is 11.4 Å². The monoisotopic (exact) mass is 292 g/mol. The van der Waals surface area contributed by atoms with E-state index in [2.05, 4.69) is 4.72 Å². The second-order valence-corrected chi connectivity index (χ2v) is 6.26. The molecule has 0 bridgehead atoms. The molecule has 6 heteroatoms. The first-order valence-electron chi connectivity index (χ1n) is 5.99. The molecule has 2 aromatic rings. The molecule has 0 aliphatic carbocycles. The topological polar surface area (TPSA) is 92.4 Å². The molecule has 106 valence electrons. The van der Waals surface area contributed by atoms with Crippen LogP contribution in [0.25, 0.3) is 0 Å². The number of hydrogen-bond acceptors (Lipinski definition) is 4. The van der Waals surface area contributed by atoms with Gasteiger partial charge in [0.2, 0.25) is 0 Å². The molecule has 20 heavy (non-hydrogen) atoms. The fraction of sp³-hybridized carbons (Fsp3) is 0.143. The first kappa shape index (κ1) is 14.2. The summed E-state index contributed by atoms with van der Waals surface area (Å²) in [6.07, 6.45) is 0. The summed E-state index contributed by atoms with van der Waals surface area (Å²) in [5, 5.41) is 9.34.